The quantitative estimate of drug-likeness (QED) is 0.293. The van der Waals surface area contributed by atoms with E-state index in [-0.39, 0.29) is 6.54 Å². The third-order valence-corrected chi connectivity index (χ3v) is 9.77. The number of esters is 1. The van der Waals surface area contributed by atoms with Crippen LogP contribution in [0.2, 0.25) is 0 Å². The van der Waals surface area contributed by atoms with Gasteiger partial charge in [-0.05, 0) is 107 Å². The zero-order chi connectivity index (χ0) is 28.7. The van der Waals surface area contributed by atoms with Crippen LogP contribution in [0.4, 0.5) is 23.0 Å². The molecule has 0 radical (unpaired) electrons. The second-order valence-corrected chi connectivity index (χ2v) is 13.5. The normalized spacial score (nSPS) is 15.2. The molecule has 2 amide bonds. The van der Waals surface area contributed by atoms with Crippen molar-refractivity contribution in [2.45, 2.75) is 90.5 Å². The van der Waals surface area contributed by atoms with Gasteiger partial charge in [0, 0.05) is 21.2 Å². The first-order valence-electron chi connectivity index (χ1n) is 13.6. The van der Waals surface area contributed by atoms with Crippen molar-refractivity contribution in [3.8, 4) is 10.4 Å². The molecule has 2 aliphatic rings. The Balaban J connectivity index is 1.38. The third-order valence-electron chi connectivity index (χ3n) is 7.18. The van der Waals surface area contributed by atoms with Crippen LogP contribution in [0.1, 0.15) is 88.8 Å². The number of aryl methyl sites for hydroxylation is 2. The Morgan fingerprint density at radius 3 is 2.10 bits per heavy atom. The highest BCUT2D eigenvalue weighted by molar-refractivity contribution is 7.17. The first-order valence-corrected chi connectivity index (χ1v) is 15.3. The lowest BCUT2D eigenvalue weighted by molar-refractivity contribution is -0.137. The predicted molar refractivity (Wildman–Crippen MR) is 153 cm³/mol. The van der Waals surface area contributed by atoms with Crippen LogP contribution in [0.15, 0.2) is 24.3 Å². The molecule has 0 fully saturated rings. The van der Waals surface area contributed by atoms with Crippen LogP contribution in [0.3, 0.4) is 0 Å². The van der Waals surface area contributed by atoms with Gasteiger partial charge in [-0.2, -0.15) is 13.2 Å². The van der Waals surface area contributed by atoms with Crippen molar-refractivity contribution in [2.24, 2.45) is 0 Å². The van der Waals surface area contributed by atoms with Crippen LogP contribution in [0, 0.1) is 0 Å². The number of carbonyl (C=O) groups is 2. The van der Waals surface area contributed by atoms with Crippen molar-refractivity contribution < 1.29 is 27.5 Å². The topological polar surface area (TPSA) is 67.4 Å². The molecule has 214 valence electrons. The second kappa shape index (κ2) is 11.2. The van der Waals surface area contributed by atoms with E-state index in [1.54, 1.807) is 11.3 Å². The smallest absolute Gasteiger partial charge is 0.416 e. The van der Waals surface area contributed by atoms with E-state index in [9.17, 15) is 22.8 Å². The molecular formula is C30H33F3N2O3S2. The van der Waals surface area contributed by atoms with Crippen LogP contribution >= 0.6 is 22.7 Å². The van der Waals surface area contributed by atoms with Crippen molar-refractivity contribution in [3.63, 3.8) is 0 Å². The number of amides is 2. The molecule has 2 N–H and O–H groups in total. The maximum absolute atomic E-state index is 13.2. The molecule has 3 aromatic rings. The minimum absolute atomic E-state index is 0.237. The Morgan fingerprint density at radius 2 is 1.48 bits per heavy atom. The number of halogens is 3. The number of benzene rings is 1. The van der Waals surface area contributed by atoms with E-state index in [1.807, 2.05) is 20.8 Å². The van der Waals surface area contributed by atoms with Gasteiger partial charge in [-0.3, -0.25) is 5.32 Å². The van der Waals surface area contributed by atoms with Gasteiger partial charge in [0.15, 0.2) is 0 Å². The highest BCUT2D eigenvalue weighted by Crippen LogP contribution is 2.42. The molecule has 0 saturated heterocycles. The number of urea groups is 1. The Morgan fingerprint density at radius 1 is 0.875 bits per heavy atom. The molecule has 2 aromatic heterocycles. The summed E-state index contributed by atoms with van der Waals surface area (Å²) in [5.74, 6) is -0.432. The fourth-order valence-corrected chi connectivity index (χ4v) is 8.06. The van der Waals surface area contributed by atoms with Gasteiger partial charge in [0.1, 0.15) is 10.6 Å². The van der Waals surface area contributed by atoms with E-state index in [4.69, 9.17) is 4.74 Å². The molecule has 2 heterocycles. The summed E-state index contributed by atoms with van der Waals surface area (Å²) in [4.78, 5) is 29.5. The maximum Gasteiger partial charge on any atom is 0.416 e. The van der Waals surface area contributed by atoms with Gasteiger partial charge in [-0.15, -0.1) is 22.7 Å². The van der Waals surface area contributed by atoms with Gasteiger partial charge in [0.2, 0.25) is 0 Å². The lowest BCUT2D eigenvalue weighted by atomic mass is 9.93. The molecule has 0 atom stereocenters. The highest BCUT2D eigenvalue weighted by atomic mass is 32.1. The summed E-state index contributed by atoms with van der Waals surface area (Å²) in [5.41, 5.74) is 2.92. The molecule has 5 rings (SSSR count). The number of rotatable bonds is 5. The Hall–Kier alpha value is -2.85. The van der Waals surface area contributed by atoms with Crippen molar-refractivity contribution in [1.82, 2.24) is 5.32 Å². The lowest BCUT2D eigenvalue weighted by Crippen LogP contribution is -2.30. The number of hydrogen-bond donors (Lipinski definition) is 2. The van der Waals surface area contributed by atoms with Crippen LogP contribution in [-0.2, 0) is 43.1 Å². The van der Waals surface area contributed by atoms with E-state index < -0.39 is 29.3 Å². The van der Waals surface area contributed by atoms with Gasteiger partial charge in [0.25, 0.3) is 0 Å². The van der Waals surface area contributed by atoms with Gasteiger partial charge >= 0.3 is 18.2 Å². The van der Waals surface area contributed by atoms with E-state index in [2.05, 4.69) is 10.6 Å². The van der Waals surface area contributed by atoms with Gasteiger partial charge < -0.3 is 10.1 Å². The predicted octanol–water partition coefficient (Wildman–Crippen LogP) is 8.53. The zero-order valence-electron chi connectivity index (χ0n) is 22.8. The van der Waals surface area contributed by atoms with Crippen LogP contribution in [0.5, 0.6) is 0 Å². The Labute approximate surface area is 240 Å². The summed E-state index contributed by atoms with van der Waals surface area (Å²) >= 11 is 3.03. The SMILES string of the molecule is CC(C)(C)OC(=O)c1c(NC(=O)NCc2c(-c3ccc(C(F)(F)F)cc3)sc3c2CCCC3)sc2c1CCCC2. The summed E-state index contributed by atoms with van der Waals surface area (Å²) in [7, 11) is 0. The Kier molecular flexibility index (Phi) is 8.03. The minimum Gasteiger partial charge on any atom is -0.456 e. The zero-order valence-corrected chi connectivity index (χ0v) is 24.5. The number of anilines is 1. The lowest BCUT2D eigenvalue weighted by Gasteiger charge is -2.21. The van der Waals surface area contributed by atoms with Crippen molar-refractivity contribution in [1.29, 1.82) is 0 Å². The summed E-state index contributed by atoms with van der Waals surface area (Å²) in [5, 5.41) is 6.36. The van der Waals surface area contributed by atoms with Crippen LogP contribution in [-0.4, -0.2) is 17.6 Å². The molecule has 2 aliphatic carbocycles. The summed E-state index contributed by atoms with van der Waals surface area (Å²) in [6.45, 7) is 5.69. The van der Waals surface area contributed by atoms with Crippen molar-refractivity contribution in [2.75, 3.05) is 5.32 Å². The van der Waals surface area contributed by atoms with Crippen LogP contribution in [0.25, 0.3) is 10.4 Å². The van der Waals surface area contributed by atoms with Crippen LogP contribution < -0.4 is 10.6 Å². The number of fused-ring (bicyclic) bond motifs is 2. The average molecular weight is 591 g/mol. The number of carbonyl (C=O) groups excluding carboxylic acids is 2. The van der Waals surface area contributed by atoms with Gasteiger partial charge in [0.05, 0.1) is 11.1 Å². The monoisotopic (exact) mass is 590 g/mol. The molecule has 0 saturated carbocycles. The molecule has 5 nitrogen and oxygen atoms in total. The maximum atomic E-state index is 13.2. The van der Waals surface area contributed by atoms with Gasteiger partial charge in [-0.25, -0.2) is 9.59 Å². The van der Waals surface area contributed by atoms with E-state index >= 15 is 0 Å². The number of thiophene rings is 2. The largest absolute Gasteiger partial charge is 0.456 e. The summed E-state index contributed by atoms with van der Waals surface area (Å²) < 4.78 is 45.1. The summed E-state index contributed by atoms with van der Waals surface area (Å²) in [6, 6.07) is 4.79. The molecule has 0 spiro atoms. The molecule has 1 aromatic carbocycles. The Bertz CT molecular complexity index is 1420. The molecule has 40 heavy (non-hydrogen) atoms. The number of alkyl halides is 3. The molecule has 0 aliphatic heterocycles. The fourth-order valence-electron chi connectivity index (χ4n) is 5.38. The second-order valence-electron chi connectivity index (χ2n) is 11.3. The third kappa shape index (κ3) is 6.22. The van der Waals surface area contributed by atoms with Crippen molar-refractivity contribution in [3.05, 3.63) is 61.8 Å². The van der Waals surface area contributed by atoms with Gasteiger partial charge in [-0.1, -0.05) is 12.1 Å². The number of ether oxygens (including phenoxy) is 1. The van der Waals surface area contributed by atoms with E-state index in [1.165, 1.54) is 33.9 Å². The van der Waals surface area contributed by atoms with E-state index in [0.29, 0.717) is 16.1 Å². The highest BCUT2D eigenvalue weighted by Gasteiger charge is 2.31. The average Bonchev–Trinajstić information content (AvgIpc) is 3.44. The minimum atomic E-state index is -4.39. The molecule has 0 bridgehead atoms. The molecule has 0 unspecified atom stereocenters. The fraction of sp³-hybridized carbons (Fsp3) is 0.467. The number of nitrogens with one attached hydrogen (secondary N) is 2. The standard InChI is InChI=1S/C30H33F3N2O3S2/c1-29(2,3)38-27(36)24-20-9-5-7-11-23(20)40-26(24)35-28(37)34-16-21-19-8-4-6-10-22(19)39-25(21)17-12-14-18(15-13-17)30(31,32)33/h12-15H,4-11,16H2,1-3H3,(H2,34,35,37). The molecule has 10 heteroatoms. The first-order chi connectivity index (χ1) is 18.9. The van der Waals surface area contributed by atoms with E-state index in [0.717, 1.165) is 84.4 Å². The summed E-state index contributed by atoms with van der Waals surface area (Å²) in [6.07, 6.45) is 3.21. The van der Waals surface area contributed by atoms with Crippen molar-refractivity contribution >= 4 is 39.7 Å². The first kappa shape index (κ1) is 28.7. The number of hydrogen-bond acceptors (Lipinski definition) is 5. The molecular weight excluding hydrogens is 557 g/mol.